The van der Waals surface area contributed by atoms with Crippen LogP contribution in [0, 0.1) is 16.0 Å². The van der Waals surface area contributed by atoms with Gasteiger partial charge >= 0.3 is 5.97 Å². The predicted molar refractivity (Wildman–Crippen MR) is 112 cm³/mol. The van der Waals surface area contributed by atoms with Crippen molar-refractivity contribution in [1.82, 2.24) is 0 Å². The molecule has 1 amide bonds. The van der Waals surface area contributed by atoms with Crippen molar-refractivity contribution in [2.75, 3.05) is 12.4 Å². The number of esters is 1. The monoisotopic (exact) mass is 414 g/mol. The highest BCUT2D eigenvalue weighted by molar-refractivity contribution is 5.96. The SMILES string of the molecule is CC[C@H](C)[C@@H](C(=O)O[C@@H](C)C(=O)Nc1ccc([N+](=O)[O-])cc1OC)c1ccccc1. The largest absolute Gasteiger partial charge is 0.494 e. The first-order chi connectivity index (χ1) is 14.3. The lowest BCUT2D eigenvalue weighted by atomic mass is 9.85. The molecule has 0 fully saturated rings. The van der Waals surface area contributed by atoms with Gasteiger partial charge in [0.05, 0.1) is 29.7 Å². The predicted octanol–water partition coefficient (Wildman–Crippen LogP) is 4.30. The molecule has 0 aliphatic heterocycles. The quantitative estimate of drug-likeness (QED) is 0.372. The number of hydrogen-bond acceptors (Lipinski definition) is 6. The Morgan fingerprint density at radius 3 is 2.37 bits per heavy atom. The number of ether oxygens (including phenoxy) is 2. The standard InChI is InChI=1S/C22H26N2O6/c1-5-14(2)20(16-9-7-6-8-10-16)22(26)30-15(3)21(25)23-18-12-11-17(24(27)28)13-19(18)29-4/h6-15,20H,5H2,1-4H3,(H,23,25)/t14-,15-,20+/m0/s1. The number of nitrogens with zero attached hydrogens (tertiary/aromatic N) is 1. The fourth-order valence-electron chi connectivity index (χ4n) is 3.03. The molecule has 0 spiro atoms. The topological polar surface area (TPSA) is 108 Å². The van der Waals surface area contributed by atoms with Crippen LogP contribution in [0.25, 0.3) is 0 Å². The number of amides is 1. The van der Waals surface area contributed by atoms with Gasteiger partial charge in [-0.2, -0.15) is 0 Å². The van der Waals surface area contributed by atoms with E-state index in [2.05, 4.69) is 5.32 Å². The second-order valence-corrected chi connectivity index (χ2v) is 6.98. The summed E-state index contributed by atoms with van der Waals surface area (Å²) in [5.41, 5.74) is 0.919. The second kappa shape index (κ2) is 10.4. The Hall–Kier alpha value is -3.42. The Morgan fingerprint density at radius 2 is 1.80 bits per heavy atom. The zero-order valence-corrected chi connectivity index (χ0v) is 17.5. The van der Waals surface area contributed by atoms with E-state index in [1.807, 2.05) is 44.2 Å². The maximum atomic E-state index is 12.9. The van der Waals surface area contributed by atoms with Crippen LogP contribution in [0.4, 0.5) is 11.4 Å². The summed E-state index contributed by atoms with van der Waals surface area (Å²) >= 11 is 0. The summed E-state index contributed by atoms with van der Waals surface area (Å²) in [5.74, 6) is -1.36. The molecule has 0 radical (unpaired) electrons. The van der Waals surface area contributed by atoms with Crippen LogP contribution in [0.3, 0.4) is 0 Å². The van der Waals surface area contributed by atoms with Crippen LogP contribution in [0.5, 0.6) is 5.75 Å². The molecule has 2 aromatic carbocycles. The van der Waals surface area contributed by atoms with Crippen molar-refractivity contribution in [3.05, 3.63) is 64.2 Å². The molecule has 3 atom stereocenters. The van der Waals surface area contributed by atoms with E-state index in [9.17, 15) is 19.7 Å². The van der Waals surface area contributed by atoms with Gasteiger partial charge in [0.15, 0.2) is 6.10 Å². The highest BCUT2D eigenvalue weighted by atomic mass is 16.6. The van der Waals surface area contributed by atoms with Crippen molar-refractivity contribution in [2.24, 2.45) is 5.92 Å². The van der Waals surface area contributed by atoms with Crippen LogP contribution in [0.2, 0.25) is 0 Å². The molecule has 0 aromatic heterocycles. The number of nitrogens with one attached hydrogen (secondary N) is 1. The highest BCUT2D eigenvalue weighted by Crippen LogP contribution is 2.30. The van der Waals surface area contributed by atoms with Crippen molar-refractivity contribution in [2.45, 2.75) is 39.2 Å². The van der Waals surface area contributed by atoms with Crippen LogP contribution in [0.1, 0.15) is 38.7 Å². The lowest BCUT2D eigenvalue weighted by Gasteiger charge is -2.24. The number of nitro groups is 1. The number of benzene rings is 2. The molecule has 0 saturated carbocycles. The van der Waals surface area contributed by atoms with Gasteiger partial charge < -0.3 is 14.8 Å². The Labute approximate surface area is 175 Å². The summed E-state index contributed by atoms with van der Waals surface area (Å²) < 4.78 is 10.6. The van der Waals surface area contributed by atoms with Gasteiger partial charge in [-0.1, -0.05) is 50.6 Å². The molecule has 2 aromatic rings. The summed E-state index contributed by atoms with van der Waals surface area (Å²) in [4.78, 5) is 35.7. The number of carbonyl (C=O) groups is 2. The van der Waals surface area contributed by atoms with Crippen molar-refractivity contribution in [3.63, 3.8) is 0 Å². The molecule has 0 heterocycles. The molecule has 30 heavy (non-hydrogen) atoms. The first-order valence-corrected chi connectivity index (χ1v) is 9.67. The van der Waals surface area contributed by atoms with Crippen molar-refractivity contribution in [3.8, 4) is 5.75 Å². The lowest BCUT2D eigenvalue weighted by molar-refractivity contribution is -0.384. The van der Waals surface area contributed by atoms with Crippen LogP contribution in [0.15, 0.2) is 48.5 Å². The summed E-state index contributed by atoms with van der Waals surface area (Å²) in [5, 5.41) is 13.5. The molecule has 0 bridgehead atoms. The van der Waals surface area contributed by atoms with Gasteiger partial charge in [-0.25, -0.2) is 0 Å². The number of nitro benzene ring substituents is 1. The molecular weight excluding hydrogens is 388 g/mol. The maximum Gasteiger partial charge on any atom is 0.314 e. The van der Waals surface area contributed by atoms with Gasteiger partial charge in [-0.15, -0.1) is 0 Å². The fraction of sp³-hybridized carbons (Fsp3) is 0.364. The Morgan fingerprint density at radius 1 is 1.13 bits per heavy atom. The van der Waals surface area contributed by atoms with Gasteiger partial charge in [0.1, 0.15) is 5.75 Å². The van der Waals surface area contributed by atoms with Gasteiger partial charge in [0.25, 0.3) is 11.6 Å². The lowest BCUT2D eigenvalue weighted by Crippen LogP contribution is -2.33. The van der Waals surface area contributed by atoms with E-state index in [0.29, 0.717) is 0 Å². The Kier molecular flexibility index (Phi) is 7.91. The third-order valence-corrected chi connectivity index (χ3v) is 4.94. The van der Waals surface area contributed by atoms with E-state index in [1.54, 1.807) is 0 Å². The highest BCUT2D eigenvalue weighted by Gasteiger charge is 2.30. The number of non-ortho nitro benzene ring substituents is 1. The summed E-state index contributed by atoms with van der Waals surface area (Å²) in [6.45, 7) is 5.43. The average molecular weight is 414 g/mol. The summed E-state index contributed by atoms with van der Waals surface area (Å²) in [6.07, 6.45) is -0.289. The van der Waals surface area contributed by atoms with E-state index in [0.717, 1.165) is 12.0 Å². The minimum atomic E-state index is -1.06. The maximum absolute atomic E-state index is 12.9. The minimum absolute atomic E-state index is 0.0323. The molecule has 0 unspecified atom stereocenters. The van der Waals surface area contributed by atoms with Gasteiger partial charge in [0.2, 0.25) is 0 Å². The fourth-order valence-corrected chi connectivity index (χ4v) is 3.03. The molecule has 8 nitrogen and oxygen atoms in total. The van der Waals surface area contributed by atoms with E-state index in [4.69, 9.17) is 9.47 Å². The van der Waals surface area contributed by atoms with E-state index in [-0.39, 0.29) is 23.0 Å². The van der Waals surface area contributed by atoms with Crippen molar-refractivity contribution >= 4 is 23.3 Å². The third kappa shape index (κ3) is 5.56. The van der Waals surface area contributed by atoms with Crippen LogP contribution < -0.4 is 10.1 Å². The number of carbonyl (C=O) groups excluding carboxylic acids is 2. The molecule has 1 N–H and O–H groups in total. The number of anilines is 1. The zero-order chi connectivity index (χ0) is 22.3. The average Bonchev–Trinajstić information content (AvgIpc) is 2.74. The molecule has 8 heteroatoms. The van der Waals surface area contributed by atoms with Gasteiger partial charge in [-0.3, -0.25) is 19.7 Å². The normalized spacial score (nSPS) is 13.6. The number of hydrogen-bond donors (Lipinski definition) is 1. The van der Waals surface area contributed by atoms with Crippen LogP contribution in [-0.2, 0) is 14.3 Å². The molecule has 0 saturated heterocycles. The molecule has 160 valence electrons. The molecule has 0 aliphatic rings. The molecular formula is C22H26N2O6. The van der Waals surface area contributed by atoms with Crippen molar-refractivity contribution in [1.29, 1.82) is 0 Å². The molecule has 2 rings (SSSR count). The minimum Gasteiger partial charge on any atom is -0.494 e. The third-order valence-electron chi connectivity index (χ3n) is 4.94. The van der Waals surface area contributed by atoms with E-state index in [1.165, 1.54) is 32.2 Å². The van der Waals surface area contributed by atoms with E-state index < -0.39 is 28.8 Å². The van der Waals surface area contributed by atoms with Gasteiger partial charge in [-0.05, 0) is 24.5 Å². The summed E-state index contributed by atoms with van der Waals surface area (Å²) in [7, 11) is 1.34. The molecule has 0 aliphatic carbocycles. The first-order valence-electron chi connectivity index (χ1n) is 9.67. The Bertz CT molecular complexity index is 900. The summed E-state index contributed by atoms with van der Waals surface area (Å²) in [6, 6.07) is 13.1. The van der Waals surface area contributed by atoms with Crippen LogP contribution >= 0.6 is 0 Å². The second-order valence-electron chi connectivity index (χ2n) is 6.98. The van der Waals surface area contributed by atoms with Gasteiger partial charge in [0, 0.05) is 6.07 Å². The Balaban J connectivity index is 2.12. The zero-order valence-electron chi connectivity index (χ0n) is 17.5. The smallest absolute Gasteiger partial charge is 0.314 e. The number of methoxy groups -OCH3 is 1. The first kappa shape index (κ1) is 22.9. The number of rotatable bonds is 9. The van der Waals surface area contributed by atoms with Crippen molar-refractivity contribution < 1.29 is 24.0 Å². The van der Waals surface area contributed by atoms with E-state index >= 15 is 0 Å². The van der Waals surface area contributed by atoms with Crippen LogP contribution in [-0.4, -0.2) is 30.0 Å².